The van der Waals surface area contributed by atoms with E-state index in [2.05, 4.69) is 6.92 Å². The van der Waals surface area contributed by atoms with Crippen molar-refractivity contribution in [1.29, 1.82) is 0 Å². The number of fused-ring (bicyclic) bond motifs is 1. The standard InChI is InChI=1S/C20H34O5/c1-2-3-4-5-6-8-18(21)20(24)13-15-11-17(12-16(15)14-20)25-10-7-9-19(22)23/h8,15-17,21,24H,2-7,9-14H2,1H3,(H,22,23)/b18-8+/t15-,16+,17-,20-. The Labute approximate surface area is 151 Å². The summed E-state index contributed by atoms with van der Waals surface area (Å²) in [6.45, 7) is 2.67. The van der Waals surface area contributed by atoms with Gasteiger partial charge in [0, 0.05) is 13.0 Å². The lowest BCUT2D eigenvalue weighted by Gasteiger charge is -2.24. The third-order valence-corrected chi connectivity index (χ3v) is 5.76. The molecule has 0 aromatic heterocycles. The van der Waals surface area contributed by atoms with Crippen LogP contribution in [0.1, 0.15) is 77.6 Å². The number of ether oxygens (including phenoxy) is 1. The SMILES string of the molecule is CCCCCC/C=C(/O)[C@@]1(O)C[C@H]2C[C@@H](OCCCC(=O)O)C[C@H]2C1. The van der Waals surface area contributed by atoms with Crippen LogP contribution >= 0.6 is 0 Å². The lowest BCUT2D eigenvalue weighted by atomic mass is 9.94. The minimum absolute atomic E-state index is 0.149. The number of hydrogen-bond donors (Lipinski definition) is 3. The van der Waals surface area contributed by atoms with Gasteiger partial charge in [0.05, 0.1) is 6.10 Å². The van der Waals surface area contributed by atoms with Crippen molar-refractivity contribution >= 4 is 5.97 Å². The van der Waals surface area contributed by atoms with Gasteiger partial charge in [-0.1, -0.05) is 26.2 Å². The van der Waals surface area contributed by atoms with Crippen LogP contribution in [0.3, 0.4) is 0 Å². The molecule has 144 valence electrons. The first-order valence-electron chi connectivity index (χ1n) is 9.90. The number of unbranched alkanes of at least 4 members (excludes halogenated alkanes) is 4. The zero-order chi connectivity index (χ0) is 18.3. The molecule has 2 rings (SSSR count). The molecule has 0 aromatic rings. The summed E-state index contributed by atoms with van der Waals surface area (Å²) in [5, 5.41) is 29.8. The number of rotatable bonds is 11. The Morgan fingerprint density at radius 3 is 2.40 bits per heavy atom. The molecule has 0 saturated heterocycles. The summed E-state index contributed by atoms with van der Waals surface area (Å²) in [4.78, 5) is 10.5. The fourth-order valence-corrected chi connectivity index (χ4v) is 4.43. The average molecular weight is 354 g/mol. The van der Waals surface area contributed by atoms with E-state index in [0.29, 0.717) is 37.7 Å². The molecule has 2 saturated carbocycles. The third-order valence-electron chi connectivity index (χ3n) is 5.76. The molecule has 2 fully saturated rings. The molecule has 5 heteroatoms. The molecule has 2 aliphatic carbocycles. The molecule has 0 radical (unpaired) electrons. The van der Waals surface area contributed by atoms with Crippen LogP contribution in [0.2, 0.25) is 0 Å². The van der Waals surface area contributed by atoms with Gasteiger partial charge in [0.15, 0.2) is 0 Å². The quantitative estimate of drug-likeness (QED) is 0.382. The second-order valence-electron chi connectivity index (χ2n) is 7.86. The van der Waals surface area contributed by atoms with Gasteiger partial charge < -0.3 is 20.1 Å². The van der Waals surface area contributed by atoms with Crippen LogP contribution in [-0.2, 0) is 9.53 Å². The Balaban J connectivity index is 1.71. The fourth-order valence-electron chi connectivity index (χ4n) is 4.43. The van der Waals surface area contributed by atoms with Gasteiger partial charge in [0.1, 0.15) is 11.4 Å². The minimum atomic E-state index is -1.05. The maximum absolute atomic E-state index is 10.8. The Morgan fingerprint density at radius 2 is 1.80 bits per heavy atom. The maximum Gasteiger partial charge on any atom is 0.303 e. The normalized spacial score (nSPS) is 32.1. The molecule has 0 bridgehead atoms. The minimum Gasteiger partial charge on any atom is -0.510 e. The van der Waals surface area contributed by atoms with Crippen molar-refractivity contribution in [1.82, 2.24) is 0 Å². The number of carboxylic acids is 1. The second-order valence-corrected chi connectivity index (χ2v) is 7.86. The lowest BCUT2D eigenvalue weighted by molar-refractivity contribution is -0.137. The summed E-state index contributed by atoms with van der Waals surface area (Å²) in [5.74, 6) is 0.168. The van der Waals surface area contributed by atoms with E-state index >= 15 is 0 Å². The van der Waals surface area contributed by atoms with Crippen LogP contribution in [0.5, 0.6) is 0 Å². The molecule has 5 nitrogen and oxygen atoms in total. The zero-order valence-electron chi connectivity index (χ0n) is 15.5. The molecule has 0 aromatic carbocycles. The monoisotopic (exact) mass is 354 g/mol. The molecule has 0 spiro atoms. The van der Waals surface area contributed by atoms with Gasteiger partial charge in [-0.3, -0.25) is 4.79 Å². The predicted molar refractivity (Wildman–Crippen MR) is 96.5 cm³/mol. The summed E-state index contributed by atoms with van der Waals surface area (Å²) in [7, 11) is 0. The van der Waals surface area contributed by atoms with Gasteiger partial charge in [0.2, 0.25) is 0 Å². The Morgan fingerprint density at radius 1 is 1.12 bits per heavy atom. The molecule has 0 amide bonds. The summed E-state index contributed by atoms with van der Waals surface area (Å²) in [6, 6.07) is 0. The van der Waals surface area contributed by atoms with Gasteiger partial charge >= 0.3 is 5.97 Å². The highest BCUT2D eigenvalue weighted by Crippen LogP contribution is 2.51. The molecule has 2 aliphatic rings. The number of hydrogen-bond acceptors (Lipinski definition) is 4. The van der Waals surface area contributed by atoms with Crippen molar-refractivity contribution in [3.05, 3.63) is 11.8 Å². The smallest absolute Gasteiger partial charge is 0.303 e. The number of aliphatic hydroxyl groups is 2. The van der Waals surface area contributed by atoms with E-state index in [4.69, 9.17) is 9.84 Å². The zero-order valence-corrected chi connectivity index (χ0v) is 15.5. The summed E-state index contributed by atoms with van der Waals surface area (Å²) < 4.78 is 5.80. The topological polar surface area (TPSA) is 87.0 Å². The van der Waals surface area contributed by atoms with E-state index < -0.39 is 11.6 Å². The van der Waals surface area contributed by atoms with Crippen molar-refractivity contribution < 1.29 is 24.9 Å². The van der Waals surface area contributed by atoms with Gasteiger partial charge in [-0.05, 0) is 62.9 Å². The van der Waals surface area contributed by atoms with Crippen molar-refractivity contribution in [3.8, 4) is 0 Å². The number of aliphatic carboxylic acids is 1. The maximum atomic E-state index is 10.8. The van der Waals surface area contributed by atoms with Crippen molar-refractivity contribution in [2.75, 3.05) is 6.61 Å². The molecule has 3 N–H and O–H groups in total. The van der Waals surface area contributed by atoms with Crippen LogP contribution in [0, 0.1) is 11.8 Å². The van der Waals surface area contributed by atoms with Crippen LogP contribution in [0.4, 0.5) is 0 Å². The van der Waals surface area contributed by atoms with Crippen LogP contribution < -0.4 is 0 Å². The largest absolute Gasteiger partial charge is 0.510 e. The van der Waals surface area contributed by atoms with Gasteiger partial charge in [-0.25, -0.2) is 0 Å². The highest BCUT2D eigenvalue weighted by atomic mass is 16.5. The first-order chi connectivity index (χ1) is 11.9. The first kappa shape index (κ1) is 20.2. The molecule has 25 heavy (non-hydrogen) atoms. The van der Waals surface area contributed by atoms with E-state index in [1.54, 1.807) is 0 Å². The number of carboxylic acid groups (broad SMARTS) is 1. The van der Waals surface area contributed by atoms with E-state index in [0.717, 1.165) is 25.7 Å². The first-order valence-corrected chi connectivity index (χ1v) is 9.90. The Kier molecular flexibility index (Phi) is 7.76. The van der Waals surface area contributed by atoms with Crippen LogP contribution in [0.15, 0.2) is 11.8 Å². The fraction of sp³-hybridized carbons (Fsp3) is 0.850. The van der Waals surface area contributed by atoms with E-state index in [1.165, 1.54) is 19.3 Å². The highest BCUT2D eigenvalue weighted by Gasteiger charge is 2.50. The van der Waals surface area contributed by atoms with E-state index in [9.17, 15) is 15.0 Å². The predicted octanol–water partition coefficient (Wildman–Crippen LogP) is 4.20. The molecule has 0 heterocycles. The Bertz CT molecular complexity index is 445. The van der Waals surface area contributed by atoms with Crippen LogP contribution in [-0.4, -0.2) is 39.6 Å². The van der Waals surface area contributed by atoms with E-state index in [1.807, 2.05) is 6.08 Å². The third kappa shape index (κ3) is 6.00. The van der Waals surface area contributed by atoms with Crippen LogP contribution in [0.25, 0.3) is 0 Å². The average Bonchev–Trinajstić information content (AvgIpc) is 3.06. The molecule has 0 aliphatic heterocycles. The molecular weight excluding hydrogens is 320 g/mol. The number of carbonyl (C=O) groups is 1. The van der Waals surface area contributed by atoms with E-state index in [-0.39, 0.29) is 18.3 Å². The van der Waals surface area contributed by atoms with Crippen molar-refractivity contribution in [2.24, 2.45) is 11.8 Å². The number of allylic oxidation sites excluding steroid dienone is 1. The highest BCUT2D eigenvalue weighted by molar-refractivity contribution is 5.66. The van der Waals surface area contributed by atoms with Crippen molar-refractivity contribution in [3.63, 3.8) is 0 Å². The molecule has 4 atom stereocenters. The van der Waals surface area contributed by atoms with Crippen molar-refractivity contribution in [2.45, 2.75) is 89.3 Å². The molecular formula is C20H34O5. The number of aliphatic hydroxyl groups excluding tert-OH is 1. The summed E-state index contributed by atoms with van der Waals surface area (Å²) in [6.07, 6.45) is 11.2. The van der Waals surface area contributed by atoms with Gasteiger partial charge in [0.25, 0.3) is 0 Å². The Hall–Kier alpha value is -1.07. The summed E-state index contributed by atoms with van der Waals surface area (Å²) >= 11 is 0. The summed E-state index contributed by atoms with van der Waals surface area (Å²) in [5.41, 5.74) is -1.05. The van der Waals surface area contributed by atoms with Gasteiger partial charge in [-0.15, -0.1) is 0 Å². The molecule has 0 unspecified atom stereocenters. The van der Waals surface area contributed by atoms with Gasteiger partial charge in [-0.2, -0.15) is 0 Å². The lowest BCUT2D eigenvalue weighted by Crippen LogP contribution is -2.29. The second kappa shape index (κ2) is 9.58.